The van der Waals surface area contributed by atoms with Crippen LogP contribution < -0.4 is 4.74 Å². The summed E-state index contributed by atoms with van der Waals surface area (Å²) in [7, 11) is 1.59. The Balaban J connectivity index is 1.79. The van der Waals surface area contributed by atoms with E-state index in [0.717, 1.165) is 32.6 Å². The van der Waals surface area contributed by atoms with Crippen LogP contribution in [0.2, 0.25) is 0 Å². The first-order valence-electron chi connectivity index (χ1n) is 9.21. The molecule has 0 spiro atoms. The summed E-state index contributed by atoms with van der Waals surface area (Å²) in [5, 5.41) is 4.65. The van der Waals surface area contributed by atoms with E-state index in [-0.39, 0.29) is 18.4 Å². The van der Waals surface area contributed by atoms with Gasteiger partial charge in [0.05, 0.1) is 24.4 Å². The Morgan fingerprint density at radius 1 is 1.21 bits per heavy atom. The average molecular weight is 411 g/mol. The Morgan fingerprint density at radius 2 is 2.07 bits per heavy atom. The highest BCUT2D eigenvalue weighted by Crippen LogP contribution is 2.33. The zero-order chi connectivity index (χ0) is 20.4. The first-order chi connectivity index (χ1) is 14.1. The number of pyridine rings is 1. The highest BCUT2D eigenvalue weighted by atomic mass is 32.1. The Kier molecular flexibility index (Phi) is 5.46. The van der Waals surface area contributed by atoms with Crippen LogP contribution in [0.5, 0.6) is 5.75 Å². The Bertz CT molecular complexity index is 1150. The molecule has 29 heavy (non-hydrogen) atoms. The molecular formula is C21H21N3O4S. The van der Waals surface area contributed by atoms with Crippen LogP contribution >= 0.6 is 11.3 Å². The lowest BCUT2D eigenvalue weighted by molar-refractivity contribution is 0.0366. The lowest BCUT2D eigenvalue weighted by Gasteiger charge is -2.12. The molecule has 0 atom stereocenters. The lowest BCUT2D eigenvalue weighted by atomic mass is 10.1. The second kappa shape index (κ2) is 8.18. The zero-order valence-corrected chi connectivity index (χ0v) is 17.2. The van der Waals surface area contributed by atoms with Crippen LogP contribution in [0.15, 0.2) is 36.0 Å². The summed E-state index contributed by atoms with van der Waals surface area (Å²) in [5.41, 5.74) is 2.71. The van der Waals surface area contributed by atoms with Gasteiger partial charge in [-0.05, 0) is 32.0 Å². The van der Waals surface area contributed by atoms with Gasteiger partial charge in [0.15, 0.2) is 5.69 Å². The third-order valence-corrected chi connectivity index (χ3v) is 5.13. The molecule has 1 N–H and O–H groups in total. The maximum absolute atomic E-state index is 12.6. The molecule has 0 bridgehead atoms. The van der Waals surface area contributed by atoms with Crippen LogP contribution in [0.3, 0.4) is 0 Å². The van der Waals surface area contributed by atoms with Crippen molar-refractivity contribution in [3.05, 3.63) is 52.2 Å². The van der Waals surface area contributed by atoms with Gasteiger partial charge in [0.1, 0.15) is 17.4 Å². The Morgan fingerprint density at radius 3 is 2.79 bits per heavy atom. The quantitative estimate of drug-likeness (QED) is 0.452. The predicted octanol–water partition coefficient (Wildman–Crippen LogP) is 4.46. The molecule has 150 valence electrons. The molecule has 4 rings (SSSR count). The number of H-pyrrole nitrogens is 1. The Hall–Kier alpha value is -2.97. The van der Waals surface area contributed by atoms with Crippen molar-refractivity contribution in [2.75, 3.05) is 7.11 Å². The molecule has 0 aliphatic carbocycles. The molecule has 4 aromatic rings. The van der Waals surface area contributed by atoms with Gasteiger partial charge < -0.3 is 19.2 Å². The topological polar surface area (TPSA) is 86.3 Å². The standard InChI is InChI=1S/C21H21N3O4S/c1-12(2)28-21(25)20-15(10-26-3)19-14-8-13(27-11-18-22-6-7-29-18)4-5-16(14)24-17(19)9-23-20/h4-9,12,24H,10-11H2,1-3H3. The van der Waals surface area contributed by atoms with Crippen molar-refractivity contribution in [3.8, 4) is 5.75 Å². The molecule has 0 aliphatic rings. The van der Waals surface area contributed by atoms with E-state index >= 15 is 0 Å². The molecule has 0 radical (unpaired) electrons. The lowest BCUT2D eigenvalue weighted by Crippen LogP contribution is -2.15. The van der Waals surface area contributed by atoms with E-state index in [4.69, 9.17) is 14.2 Å². The van der Waals surface area contributed by atoms with Gasteiger partial charge in [-0.25, -0.2) is 14.8 Å². The van der Waals surface area contributed by atoms with Gasteiger partial charge in [-0.3, -0.25) is 0 Å². The van der Waals surface area contributed by atoms with Gasteiger partial charge >= 0.3 is 5.97 Å². The summed E-state index contributed by atoms with van der Waals surface area (Å²) in [5.74, 6) is 0.263. The summed E-state index contributed by atoms with van der Waals surface area (Å²) in [6, 6.07) is 5.82. The molecular weight excluding hydrogens is 390 g/mol. The number of hydrogen-bond acceptors (Lipinski definition) is 7. The normalized spacial score (nSPS) is 11.4. The molecule has 0 saturated carbocycles. The highest BCUT2D eigenvalue weighted by Gasteiger charge is 2.21. The molecule has 1 aromatic carbocycles. The molecule has 7 nitrogen and oxygen atoms in total. The van der Waals surface area contributed by atoms with Gasteiger partial charge in [-0.15, -0.1) is 11.3 Å². The van der Waals surface area contributed by atoms with E-state index in [1.54, 1.807) is 30.8 Å². The van der Waals surface area contributed by atoms with Gasteiger partial charge in [0.25, 0.3) is 0 Å². The van der Waals surface area contributed by atoms with Crippen molar-refractivity contribution in [1.82, 2.24) is 15.0 Å². The van der Waals surface area contributed by atoms with Gasteiger partial charge in [0.2, 0.25) is 0 Å². The molecule has 0 unspecified atom stereocenters. The molecule has 0 aliphatic heterocycles. The van der Waals surface area contributed by atoms with E-state index in [9.17, 15) is 4.79 Å². The van der Waals surface area contributed by atoms with Crippen molar-refractivity contribution in [2.45, 2.75) is 33.2 Å². The number of fused-ring (bicyclic) bond motifs is 3. The predicted molar refractivity (Wildman–Crippen MR) is 111 cm³/mol. The third kappa shape index (κ3) is 3.94. The monoisotopic (exact) mass is 411 g/mol. The van der Waals surface area contributed by atoms with Crippen LogP contribution in [-0.2, 0) is 22.7 Å². The molecule has 8 heteroatoms. The Labute approximate surface area is 171 Å². The molecule has 0 amide bonds. The van der Waals surface area contributed by atoms with E-state index < -0.39 is 5.97 Å². The van der Waals surface area contributed by atoms with E-state index in [1.165, 1.54) is 0 Å². The minimum atomic E-state index is -0.459. The fraction of sp³-hybridized carbons (Fsp3) is 0.286. The third-order valence-electron chi connectivity index (χ3n) is 4.38. The smallest absolute Gasteiger partial charge is 0.357 e. The fourth-order valence-corrected chi connectivity index (χ4v) is 3.76. The molecule has 3 heterocycles. The number of hydrogen-bond donors (Lipinski definition) is 1. The number of aromatic nitrogens is 3. The minimum absolute atomic E-state index is 0.232. The maximum atomic E-state index is 12.6. The van der Waals surface area contributed by atoms with Crippen LogP contribution in [-0.4, -0.2) is 34.1 Å². The van der Waals surface area contributed by atoms with Crippen LogP contribution in [0, 0.1) is 0 Å². The molecule has 3 aromatic heterocycles. The fourth-order valence-electron chi connectivity index (χ4n) is 3.23. The summed E-state index contributed by atoms with van der Waals surface area (Å²) in [4.78, 5) is 24.5. The number of nitrogens with zero attached hydrogens (tertiary/aromatic N) is 2. The first kappa shape index (κ1) is 19.4. The number of methoxy groups -OCH3 is 1. The average Bonchev–Trinajstić information content (AvgIpc) is 3.33. The number of benzene rings is 1. The van der Waals surface area contributed by atoms with Crippen molar-refractivity contribution < 1.29 is 19.0 Å². The van der Waals surface area contributed by atoms with E-state index in [2.05, 4.69) is 15.0 Å². The van der Waals surface area contributed by atoms with Gasteiger partial charge in [-0.1, -0.05) is 0 Å². The largest absolute Gasteiger partial charge is 0.486 e. The number of carbonyl (C=O) groups is 1. The maximum Gasteiger partial charge on any atom is 0.357 e. The van der Waals surface area contributed by atoms with Gasteiger partial charge in [0, 0.05) is 40.5 Å². The number of ether oxygens (including phenoxy) is 3. The second-order valence-electron chi connectivity index (χ2n) is 6.81. The van der Waals surface area contributed by atoms with Crippen molar-refractivity contribution in [1.29, 1.82) is 0 Å². The SMILES string of the molecule is COCc1c(C(=O)OC(C)C)ncc2[nH]c3ccc(OCc4nccs4)cc3c12. The van der Waals surface area contributed by atoms with Crippen molar-refractivity contribution in [2.24, 2.45) is 0 Å². The van der Waals surface area contributed by atoms with Gasteiger partial charge in [-0.2, -0.15) is 0 Å². The molecule has 0 saturated heterocycles. The van der Waals surface area contributed by atoms with E-state index in [0.29, 0.717) is 12.2 Å². The summed E-state index contributed by atoms with van der Waals surface area (Å²) in [6.45, 7) is 4.27. The summed E-state index contributed by atoms with van der Waals surface area (Å²) >= 11 is 1.55. The number of nitrogens with one attached hydrogen (secondary N) is 1. The second-order valence-corrected chi connectivity index (χ2v) is 7.79. The highest BCUT2D eigenvalue weighted by molar-refractivity contribution is 7.09. The number of aromatic amines is 1. The number of esters is 1. The van der Waals surface area contributed by atoms with E-state index in [1.807, 2.05) is 37.4 Å². The van der Waals surface area contributed by atoms with Crippen molar-refractivity contribution >= 4 is 39.1 Å². The molecule has 0 fully saturated rings. The summed E-state index contributed by atoms with van der Waals surface area (Å²) < 4.78 is 16.6. The van der Waals surface area contributed by atoms with Crippen LogP contribution in [0.4, 0.5) is 0 Å². The van der Waals surface area contributed by atoms with Crippen LogP contribution in [0.1, 0.15) is 34.9 Å². The number of rotatable bonds is 7. The minimum Gasteiger partial charge on any atom is -0.486 e. The first-order valence-corrected chi connectivity index (χ1v) is 10.1. The number of thiazole rings is 1. The van der Waals surface area contributed by atoms with Crippen LogP contribution in [0.25, 0.3) is 21.8 Å². The number of carbonyl (C=O) groups excluding carboxylic acids is 1. The zero-order valence-electron chi connectivity index (χ0n) is 16.4. The van der Waals surface area contributed by atoms with Crippen molar-refractivity contribution in [3.63, 3.8) is 0 Å². The summed E-state index contributed by atoms with van der Waals surface area (Å²) in [6.07, 6.45) is 3.18.